The molecule has 0 atom stereocenters. The topological polar surface area (TPSA) is 59.8 Å². The second-order valence-electron chi connectivity index (χ2n) is 7.01. The average molecular weight is 467 g/mol. The lowest BCUT2D eigenvalue weighted by Gasteiger charge is -2.11. The predicted octanol–water partition coefficient (Wildman–Crippen LogP) is 6.02. The molecule has 1 aromatic heterocycles. The number of amides is 1. The van der Waals surface area contributed by atoms with Crippen molar-refractivity contribution in [1.82, 2.24) is 14.8 Å². The molecule has 1 amide bonds. The van der Waals surface area contributed by atoms with E-state index in [4.69, 9.17) is 11.6 Å². The minimum atomic E-state index is -0.353. The number of anilines is 1. The van der Waals surface area contributed by atoms with Gasteiger partial charge in [-0.05, 0) is 72.6 Å². The van der Waals surface area contributed by atoms with Crippen LogP contribution >= 0.6 is 23.4 Å². The number of carbonyl (C=O) groups is 1. The maximum Gasteiger partial charge on any atom is 0.234 e. The number of halogens is 2. The Morgan fingerprint density at radius 2 is 1.69 bits per heavy atom. The normalized spacial score (nSPS) is 10.8. The first kappa shape index (κ1) is 22.0. The summed E-state index contributed by atoms with van der Waals surface area (Å²) in [6, 6.07) is 21.2. The summed E-state index contributed by atoms with van der Waals surface area (Å²) in [5, 5.41) is 12.7. The number of aryl methyl sites for hydroxylation is 1. The molecule has 1 N–H and O–H groups in total. The van der Waals surface area contributed by atoms with Gasteiger partial charge >= 0.3 is 0 Å². The summed E-state index contributed by atoms with van der Waals surface area (Å²) in [5.74, 6) is 0.218. The highest BCUT2D eigenvalue weighted by molar-refractivity contribution is 7.99. The maximum atomic E-state index is 13.1. The summed E-state index contributed by atoms with van der Waals surface area (Å²) >= 11 is 7.32. The first-order valence-corrected chi connectivity index (χ1v) is 11.4. The van der Waals surface area contributed by atoms with Gasteiger partial charge in [0, 0.05) is 22.0 Å². The molecule has 0 radical (unpaired) electrons. The highest BCUT2D eigenvalue weighted by Gasteiger charge is 2.17. The number of benzene rings is 3. The van der Waals surface area contributed by atoms with E-state index >= 15 is 0 Å². The molecule has 4 aromatic rings. The number of thioether (sulfide) groups is 1. The zero-order valence-corrected chi connectivity index (χ0v) is 18.8. The van der Waals surface area contributed by atoms with Gasteiger partial charge in [-0.2, -0.15) is 0 Å². The van der Waals surface area contributed by atoms with Crippen molar-refractivity contribution in [2.24, 2.45) is 0 Å². The maximum absolute atomic E-state index is 13.1. The fourth-order valence-corrected chi connectivity index (χ4v) is 4.00. The summed E-state index contributed by atoms with van der Waals surface area (Å²) in [5.41, 5.74) is 3.53. The molecule has 4 rings (SSSR count). The number of hydrogen-bond acceptors (Lipinski definition) is 4. The second kappa shape index (κ2) is 9.97. The van der Waals surface area contributed by atoms with Crippen LogP contribution in [0, 0.1) is 5.82 Å². The van der Waals surface area contributed by atoms with Crippen molar-refractivity contribution in [2.75, 3.05) is 11.1 Å². The van der Waals surface area contributed by atoms with Gasteiger partial charge in [-0.3, -0.25) is 9.36 Å². The summed E-state index contributed by atoms with van der Waals surface area (Å²) in [7, 11) is 0. The van der Waals surface area contributed by atoms with Crippen molar-refractivity contribution in [3.05, 3.63) is 89.2 Å². The van der Waals surface area contributed by atoms with Gasteiger partial charge in [0.1, 0.15) is 5.82 Å². The van der Waals surface area contributed by atoms with E-state index in [1.807, 2.05) is 28.8 Å². The van der Waals surface area contributed by atoms with Crippen molar-refractivity contribution in [3.8, 4) is 17.1 Å². The van der Waals surface area contributed by atoms with Crippen LogP contribution in [0.25, 0.3) is 17.1 Å². The fourth-order valence-electron chi connectivity index (χ4n) is 3.12. The first-order chi connectivity index (χ1) is 15.5. The molecule has 0 spiro atoms. The third kappa shape index (κ3) is 5.18. The molecule has 5 nitrogen and oxygen atoms in total. The van der Waals surface area contributed by atoms with Gasteiger partial charge in [0.2, 0.25) is 5.91 Å². The Morgan fingerprint density at radius 1 is 1.00 bits per heavy atom. The van der Waals surface area contributed by atoms with Crippen molar-refractivity contribution in [1.29, 1.82) is 0 Å². The van der Waals surface area contributed by atoms with Crippen LogP contribution in [0.4, 0.5) is 10.1 Å². The number of carbonyl (C=O) groups excluding carboxylic acids is 1. The molecule has 0 unspecified atom stereocenters. The minimum Gasteiger partial charge on any atom is -0.325 e. The van der Waals surface area contributed by atoms with E-state index in [9.17, 15) is 9.18 Å². The van der Waals surface area contributed by atoms with Crippen molar-refractivity contribution in [2.45, 2.75) is 18.5 Å². The molecule has 0 saturated carbocycles. The standard InChI is InChI=1S/C24H20ClFN4OS/c1-2-16-3-13-21(14-4-16)30-23(17-5-7-18(25)8-6-17)28-29-24(30)32-15-22(31)27-20-11-9-19(26)10-12-20/h3-14H,2,15H2,1H3,(H,27,31). The van der Waals surface area contributed by atoms with Gasteiger partial charge in [0.25, 0.3) is 0 Å². The number of nitrogens with zero attached hydrogens (tertiary/aromatic N) is 3. The van der Waals surface area contributed by atoms with E-state index in [1.165, 1.54) is 41.6 Å². The fraction of sp³-hybridized carbons (Fsp3) is 0.125. The molecule has 0 bridgehead atoms. The van der Waals surface area contributed by atoms with Crippen molar-refractivity contribution >= 4 is 35.0 Å². The zero-order valence-electron chi connectivity index (χ0n) is 17.3. The molecular formula is C24H20ClFN4OS. The third-order valence-electron chi connectivity index (χ3n) is 4.80. The molecular weight excluding hydrogens is 447 g/mol. The average Bonchev–Trinajstić information content (AvgIpc) is 3.24. The number of nitrogens with one attached hydrogen (secondary N) is 1. The lowest BCUT2D eigenvalue weighted by Crippen LogP contribution is -2.14. The lowest BCUT2D eigenvalue weighted by molar-refractivity contribution is -0.113. The largest absolute Gasteiger partial charge is 0.325 e. The quantitative estimate of drug-likeness (QED) is 0.338. The van der Waals surface area contributed by atoms with Crippen LogP contribution in [0.2, 0.25) is 5.02 Å². The Kier molecular flexibility index (Phi) is 6.87. The van der Waals surface area contributed by atoms with Gasteiger partial charge in [-0.15, -0.1) is 10.2 Å². The molecule has 8 heteroatoms. The smallest absolute Gasteiger partial charge is 0.234 e. The lowest BCUT2D eigenvalue weighted by atomic mass is 10.1. The van der Waals surface area contributed by atoms with Crippen molar-refractivity contribution in [3.63, 3.8) is 0 Å². The van der Waals surface area contributed by atoms with E-state index in [0.29, 0.717) is 21.7 Å². The van der Waals surface area contributed by atoms with E-state index < -0.39 is 0 Å². The number of hydrogen-bond donors (Lipinski definition) is 1. The van der Waals surface area contributed by atoms with Crippen molar-refractivity contribution < 1.29 is 9.18 Å². The Balaban J connectivity index is 1.60. The molecule has 0 fully saturated rings. The number of rotatable bonds is 7. The second-order valence-corrected chi connectivity index (χ2v) is 8.39. The molecule has 0 saturated heterocycles. The summed E-state index contributed by atoms with van der Waals surface area (Å²) in [6.45, 7) is 2.11. The highest BCUT2D eigenvalue weighted by Crippen LogP contribution is 2.29. The van der Waals surface area contributed by atoms with Crippen LogP contribution in [0.3, 0.4) is 0 Å². The van der Waals surface area contributed by atoms with Crippen LogP contribution in [-0.2, 0) is 11.2 Å². The van der Waals surface area contributed by atoms with Crippen LogP contribution in [-0.4, -0.2) is 26.4 Å². The highest BCUT2D eigenvalue weighted by atomic mass is 35.5. The Morgan fingerprint density at radius 3 is 2.34 bits per heavy atom. The first-order valence-electron chi connectivity index (χ1n) is 10.0. The van der Waals surface area contributed by atoms with E-state index in [0.717, 1.165) is 17.7 Å². The molecule has 162 valence electrons. The molecule has 32 heavy (non-hydrogen) atoms. The zero-order chi connectivity index (χ0) is 22.5. The van der Waals surface area contributed by atoms with Gasteiger partial charge in [0.15, 0.2) is 11.0 Å². The summed E-state index contributed by atoms with van der Waals surface area (Å²) in [6.07, 6.45) is 0.942. The Bertz CT molecular complexity index is 1210. The Hall–Kier alpha value is -3.16. The van der Waals surface area contributed by atoms with Crippen LogP contribution in [0.5, 0.6) is 0 Å². The molecule has 1 heterocycles. The van der Waals surface area contributed by atoms with Crippen LogP contribution in [0.15, 0.2) is 78.0 Å². The van der Waals surface area contributed by atoms with Gasteiger partial charge in [-0.25, -0.2) is 4.39 Å². The number of aromatic nitrogens is 3. The van der Waals surface area contributed by atoms with E-state index in [2.05, 4.69) is 34.6 Å². The summed E-state index contributed by atoms with van der Waals surface area (Å²) in [4.78, 5) is 12.4. The predicted molar refractivity (Wildman–Crippen MR) is 127 cm³/mol. The van der Waals surface area contributed by atoms with Crippen LogP contribution in [0.1, 0.15) is 12.5 Å². The summed E-state index contributed by atoms with van der Waals surface area (Å²) < 4.78 is 15.0. The molecule has 0 aliphatic rings. The van der Waals surface area contributed by atoms with Gasteiger partial charge in [-0.1, -0.05) is 42.4 Å². The minimum absolute atomic E-state index is 0.128. The van der Waals surface area contributed by atoms with Crippen LogP contribution < -0.4 is 5.32 Å². The monoisotopic (exact) mass is 466 g/mol. The molecule has 0 aliphatic heterocycles. The van der Waals surface area contributed by atoms with Gasteiger partial charge < -0.3 is 5.32 Å². The SMILES string of the molecule is CCc1ccc(-n2c(SCC(=O)Nc3ccc(F)cc3)nnc2-c2ccc(Cl)cc2)cc1. The third-order valence-corrected chi connectivity index (χ3v) is 5.98. The molecule has 3 aromatic carbocycles. The van der Waals surface area contributed by atoms with E-state index in [-0.39, 0.29) is 17.5 Å². The molecule has 0 aliphatic carbocycles. The van der Waals surface area contributed by atoms with E-state index in [1.54, 1.807) is 12.1 Å². The van der Waals surface area contributed by atoms with Gasteiger partial charge in [0.05, 0.1) is 5.75 Å². The Labute approximate surface area is 194 Å².